The van der Waals surface area contributed by atoms with Gasteiger partial charge in [0.2, 0.25) is 0 Å². The van der Waals surface area contributed by atoms with Crippen LogP contribution in [0.2, 0.25) is 0 Å². The molecule has 0 aliphatic carbocycles. The molecule has 0 aliphatic rings. The third kappa shape index (κ3) is 4.40. The van der Waals surface area contributed by atoms with Gasteiger partial charge in [0.05, 0.1) is 18.1 Å². The summed E-state index contributed by atoms with van der Waals surface area (Å²) in [6.45, 7) is 8.62. The van der Waals surface area contributed by atoms with Crippen molar-refractivity contribution in [1.82, 2.24) is 4.90 Å². The van der Waals surface area contributed by atoms with Gasteiger partial charge < -0.3 is 9.15 Å². The lowest BCUT2D eigenvalue weighted by atomic mass is 10.0. The number of fused-ring (bicyclic) bond motifs is 1. The largest absolute Gasteiger partial charge is 0.496 e. The van der Waals surface area contributed by atoms with Crippen LogP contribution in [0.25, 0.3) is 11.0 Å². The van der Waals surface area contributed by atoms with Gasteiger partial charge in [-0.1, -0.05) is 44.2 Å². The molecule has 150 valence electrons. The Hall–Kier alpha value is -2.30. The quantitative estimate of drug-likeness (QED) is 0.561. The Balaban J connectivity index is 0.00000280. The highest BCUT2D eigenvalue weighted by Gasteiger charge is 2.18. The normalized spacial score (nSPS) is 10.9. The van der Waals surface area contributed by atoms with Crippen LogP contribution in [0.1, 0.15) is 36.3 Å². The lowest BCUT2D eigenvalue weighted by Crippen LogP contribution is -2.23. The fourth-order valence-electron chi connectivity index (χ4n) is 3.40. The highest BCUT2D eigenvalue weighted by atomic mass is 35.5. The molecule has 0 spiro atoms. The standard InChI is InChI=1S/C23H27NO3.ClH/c1-5-24(6-2)15-19-20(26-4)13-12-18-22(25)16(3)21(27-23(18)19)14-17-10-8-7-9-11-17;/h7-13H,5-6,14-15H2,1-4H3;1H. The predicted molar refractivity (Wildman–Crippen MR) is 117 cm³/mol. The van der Waals surface area contributed by atoms with Crippen LogP contribution in [0.4, 0.5) is 0 Å². The molecule has 0 aliphatic heterocycles. The fourth-order valence-corrected chi connectivity index (χ4v) is 3.40. The van der Waals surface area contributed by atoms with Crippen LogP contribution in [0, 0.1) is 6.92 Å². The van der Waals surface area contributed by atoms with E-state index in [0.29, 0.717) is 35.3 Å². The van der Waals surface area contributed by atoms with Crippen molar-refractivity contribution in [1.29, 1.82) is 0 Å². The minimum absolute atomic E-state index is 0. The van der Waals surface area contributed by atoms with Gasteiger partial charge in [0, 0.05) is 18.5 Å². The molecule has 0 unspecified atom stereocenters. The molecule has 3 rings (SSSR count). The SMILES string of the molecule is CCN(CC)Cc1c(OC)ccc2c(=O)c(C)c(Cc3ccccc3)oc12.Cl. The van der Waals surface area contributed by atoms with Gasteiger partial charge >= 0.3 is 0 Å². The molecule has 0 amide bonds. The lowest BCUT2D eigenvalue weighted by Gasteiger charge is -2.21. The minimum atomic E-state index is 0. The number of methoxy groups -OCH3 is 1. The Morgan fingerprint density at radius 1 is 1.04 bits per heavy atom. The number of rotatable bonds is 7. The first-order chi connectivity index (χ1) is 13.1. The molecule has 0 saturated carbocycles. The van der Waals surface area contributed by atoms with Gasteiger partial charge in [-0.3, -0.25) is 9.69 Å². The Kier molecular flexibility index (Phi) is 7.67. The Morgan fingerprint density at radius 2 is 1.71 bits per heavy atom. The van der Waals surface area contributed by atoms with Crippen LogP contribution in [0.5, 0.6) is 5.75 Å². The molecule has 1 heterocycles. The number of ether oxygens (including phenoxy) is 1. The summed E-state index contributed by atoms with van der Waals surface area (Å²) in [6.07, 6.45) is 0.597. The summed E-state index contributed by atoms with van der Waals surface area (Å²) < 4.78 is 11.9. The molecule has 0 N–H and O–H groups in total. The van der Waals surface area contributed by atoms with Crippen LogP contribution in [-0.2, 0) is 13.0 Å². The molecule has 5 heteroatoms. The van der Waals surface area contributed by atoms with E-state index < -0.39 is 0 Å². The van der Waals surface area contributed by atoms with Crippen LogP contribution >= 0.6 is 12.4 Å². The maximum atomic E-state index is 13.0. The van der Waals surface area contributed by atoms with E-state index in [1.807, 2.05) is 49.4 Å². The molecule has 0 atom stereocenters. The molecule has 3 aromatic rings. The summed E-state index contributed by atoms with van der Waals surface area (Å²) in [5.41, 5.74) is 3.40. The Labute approximate surface area is 172 Å². The van der Waals surface area contributed by atoms with E-state index in [2.05, 4.69) is 18.7 Å². The number of nitrogens with zero attached hydrogens (tertiary/aromatic N) is 1. The fraction of sp³-hybridized carbons (Fsp3) is 0.348. The number of halogens is 1. The van der Waals surface area contributed by atoms with Crippen molar-refractivity contribution in [2.75, 3.05) is 20.2 Å². The minimum Gasteiger partial charge on any atom is -0.496 e. The Bertz CT molecular complexity index is 979. The number of hydrogen-bond acceptors (Lipinski definition) is 4. The molecule has 1 aromatic heterocycles. The average Bonchev–Trinajstić information content (AvgIpc) is 2.70. The smallest absolute Gasteiger partial charge is 0.195 e. The molecule has 0 saturated heterocycles. The van der Waals surface area contributed by atoms with Crippen molar-refractivity contribution in [2.24, 2.45) is 0 Å². The summed E-state index contributed by atoms with van der Waals surface area (Å²) in [5.74, 6) is 1.47. The topological polar surface area (TPSA) is 42.7 Å². The van der Waals surface area contributed by atoms with E-state index >= 15 is 0 Å². The van der Waals surface area contributed by atoms with Gasteiger partial charge in [-0.25, -0.2) is 0 Å². The third-order valence-electron chi connectivity index (χ3n) is 5.15. The van der Waals surface area contributed by atoms with Gasteiger partial charge in [-0.2, -0.15) is 0 Å². The zero-order valence-corrected chi connectivity index (χ0v) is 17.8. The predicted octanol–water partition coefficient (Wildman–Crippen LogP) is 4.96. The first-order valence-electron chi connectivity index (χ1n) is 9.47. The molecule has 0 radical (unpaired) electrons. The molecule has 28 heavy (non-hydrogen) atoms. The van der Waals surface area contributed by atoms with Gasteiger partial charge in [-0.05, 0) is 37.7 Å². The van der Waals surface area contributed by atoms with E-state index in [1.54, 1.807) is 7.11 Å². The second kappa shape index (κ2) is 9.76. The van der Waals surface area contributed by atoms with Gasteiger partial charge in [0.15, 0.2) is 5.43 Å². The van der Waals surface area contributed by atoms with E-state index in [1.165, 1.54) is 0 Å². The summed E-state index contributed by atoms with van der Waals surface area (Å²) in [7, 11) is 1.66. The maximum Gasteiger partial charge on any atom is 0.195 e. The van der Waals surface area contributed by atoms with Crippen LogP contribution < -0.4 is 10.2 Å². The van der Waals surface area contributed by atoms with Crippen molar-refractivity contribution in [2.45, 2.75) is 33.7 Å². The second-order valence-electron chi connectivity index (χ2n) is 6.73. The molecular weight excluding hydrogens is 374 g/mol. The summed E-state index contributed by atoms with van der Waals surface area (Å²) in [6, 6.07) is 13.8. The summed E-state index contributed by atoms with van der Waals surface area (Å²) in [4.78, 5) is 15.3. The zero-order valence-electron chi connectivity index (χ0n) is 17.0. The monoisotopic (exact) mass is 401 g/mol. The second-order valence-corrected chi connectivity index (χ2v) is 6.73. The summed E-state index contributed by atoms with van der Waals surface area (Å²) >= 11 is 0. The molecule has 0 bridgehead atoms. The van der Waals surface area contributed by atoms with E-state index in [-0.39, 0.29) is 17.8 Å². The number of hydrogen-bond donors (Lipinski definition) is 0. The molecule has 0 fully saturated rings. The third-order valence-corrected chi connectivity index (χ3v) is 5.15. The molecule has 2 aromatic carbocycles. The Morgan fingerprint density at radius 3 is 2.32 bits per heavy atom. The van der Waals surface area contributed by atoms with Crippen molar-refractivity contribution < 1.29 is 9.15 Å². The zero-order chi connectivity index (χ0) is 19.4. The van der Waals surface area contributed by atoms with E-state index in [9.17, 15) is 4.79 Å². The number of benzene rings is 2. The van der Waals surface area contributed by atoms with E-state index in [4.69, 9.17) is 9.15 Å². The molecular formula is C23H28ClNO3. The van der Waals surface area contributed by atoms with Crippen LogP contribution in [0.3, 0.4) is 0 Å². The highest BCUT2D eigenvalue weighted by Crippen LogP contribution is 2.30. The maximum absolute atomic E-state index is 13.0. The van der Waals surface area contributed by atoms with Crippen molar-refractivity contribution in [3.05, 3.63) is 75.1 Å². The first kappa shape index (κ1) is 22.0. The lowest BCUT2D eigenvalue weighted by molar-refractivity contribution is 0.288. The van der Waals surface area contributed by atoms with Crippen LogP contribution in [-0.4, -0.2) is 25.1 Å². The average molecular weight is 402 g/mol. The van der Waals surface area contributed by atoms with Gasteiger partial charge in [-0.15, -0.1) is 12.4 Å². The van der Waals surface area contributed by atoms with Crippen molar-refractivity contribution in [3.63, 3.8) is 0 Å². The van der Waals surface area contributed by atoms with Crippen molar-refractivity contribution >= 4 is 23.4 Å². The van der Waals surface area contributed by atoms with E-state index in [0.717, 1.165) is 30.0 Å². The van der Waals surface area contributed by atoms with Crippen molar-refractivity contribution in [3.8, 4) is 5.75 Å². The van der Waals surface area contributed by atoms with Gasteiger partial charge in [0.1, 0.15) is 17.1 Å². The van der Waals surface area contributed by atoms with Crippen LogP contribution in [0.15, 0.2) is 51.7 Å². The first-order valence-corrected chi connectivity index (χ1v) is 9.47. The molecule has 4 nitrogen and oxygen atoms in total. The van der Waals surface area contributed by atoms with Gasteiger partial charge in [0.25, 0.3) is 0 Å². The highest BCUT2D eigenvalue weighted by molar-refractivity contribution is 5.85. The summed E-state index contributed by atoms with van der Waals surface area (Å²) in [5, 5.41) is 0.618.